The summed E-state index contributed by atoms with van der Waals surface area (Å²) >= 11 is 0.606. The smallest absolute Gasteiger partial charge is 0.306 e. The fourth-order valence-corrected chi connectivity index (χ4v) is 9.52. The van der Waals surface area contributed by atoms with Crippen LogP contribution in [-0.4, -0.2) is 72.0 Å². The Labute approximate surface area is 230 Å². The van der Waals surface area contributed by atoms with E-state index in [0.717, 1.165) is 0 Å². The van der Waals surface area contributed by atoms with Gasteiger partial charge in [-0.15, -0.1) is 11.3 Å². The molecule has 0 aliphatic carbocycles. The molecule has 1 aromatic rings. The fourth-order valence-electron chi connectivity index (χ4n) is 4.62. The first-order valence-electron chi connectivity index (χ1n) is 12.6. The molecule has 38 heavy (non-hydrogen) atoms. The van der Waals surface area contributed by atoms with Crippen LogP contribution in [0.15, 0.2) is 14.5 Å². The van der Waals surface area contributed by atoms with Crippen molar-refractivity contribution in [1.29, 1.82) is 0 Å². The monoisotopic (exact) mass is 595 g/mol. The number of esters is 1. The number of nitrogens with zero attached hydrogens (tertiary/aromatic N) is 1. The van der Waals surface area contributed by atoms with Gasteiger partial charge in [-0.1, -0.05) is 27.7 Å². The summed E-state index contributed by atoms with van der Waals surface area (Å²) in [6, 6.07) is 0.902. The maximum atomic E-state index is 13.2. The number of carbonyl (C=O) groups is 2. The summed E-state index contributed by atoms with van der Waals surface area (Å²) in [5.41, 5.74) is -0.452. The van der Waals surface area contributed by atoms with Crippen LogP contribution in [0, 0.1) is 5.41 Å². The van der Waals surface area contributed by atoms with E-state index < -0.39 is 43.6 Å². The van der Waals surface area contributed by atoms with Gasteiger partial charge in [0, 0.05) is 44.8 Å². The zero-order chi connectivity index (χ0) is 28.9. The van der Waals surface area contributed by atoms with E-state index in [2.05, 4.69) is 5.32 Å². The maximum absolute atomic E-state index is 13.2. The molecule has 1 aliphatic rings. The lowest BCUT2D eigenvalue weighted by atomic mass is 9.83. The molecule has 0 unspecified atom stereocenters. The topological polar surface area (TPSA) is 148 Å². The molecule has 2 rings (SSSR count). The van der Waals surface area contributed by atoms with Crippen molar-refractivity contribution in [3.63, 3.8) is 0 Å². The van der Waals surface area contributed by atoms with Crippen LogP contribution in [0.5, 0.6) is 0 Å². The third-order valence-corrected chi connectivity index (χ3v) is 11.1. The Morgan fingerprint density at radius 3 is 2.42 bits per heavy atom. The standard InChI is InChI=1S/C24H41N3O8S3/c1-8-25-18-15-27(12-9-13-34-7)38(32,33)22-17(18)14-21(36-22)37(30,31)26-19(28)10-11-20(29)35-24(5,6)16-23(2,3)4/h14,18,25H,8-13,15-16H2,1-7H3,(H,26,28)/t18-/m0/s1. The van der Waals surface area contributed by atoms with Crippen LogP contribution in [-0.2, 0) is 39.1 Å². The number of hydrogen-bond donors (Lipinski definition) is 2. The van der Waals surface area contributed by atoms with Gasteiger partial charge in [-0.05, 0) is 44.7 Å². The first kappa shape index (κ1) is 32.6. The maximum Gasteiger partial charge on any atom is 0.306 e. The van der Waals surface area contributed by atoms with Gasteiger partial charge in [-0.2, -0.15) is 4.31 Å². The predicted molar refractivity (Wildman–Crippen MR) is 145 cm³/mol. The molecule has 0 saturated carbocycles. The van der Waals surface area contributed by atoms with E-state index >= 15 is 0 Å². The van der Waals surface area contributed by atoms with Crippen LogP contribution in [0.4, 0.5) is 0 Å². The van der Waals surface area contributed by atoms with Gasteiger partial charge in [0.2, 0.25) is 5.91 Å². The number of methoxy groups -OCH3 is 1. The lowest BCUT2D eigenvalue weighted by Gasteiger charge is -2.32. The number of likely N-dealkylation sites (N-methyl/N-ethyl adjacent to an activating group) is 1. The van der Waals surface area contributed by atoms with Crippen LogP contribution in [0.25, 0.3) is 0 Å². The number of sulfonamides is 2. The van der Waals surface area contributed by atoms with E-state index in [1.54, 1.807) is 13.8 Å². The summed E-state index contributed by atoms with van der Waals surface area (Å²) in [7, 11) is -6.73. The first-order valence-corrected chi connectivity index (χ1v) is 16.3. The van der Waals surface area contributed by atoms with Crippen molar-refractivity contribution in [2.45, 2.75) is 87.3 Å². The lowest BCUT2D eigenvalue weighted by molar-refractivity contribution is -0.159. The summed E-state index contributed by atoms with van der Waals surface area (Å²) in [5, 5.41) is 3.21. The Kier molecular flexibility index (Phi) is 10.9. The van der Waals surface area contributed by atoms with Gasteiger partial charge in [0.05, 0.1) is 6.42 Å². The van der Waals surface area contributed by atoms with Crippen LogP contribution in [0.3, 0.4) is 0 Å². The van der Waals surface area contributed by atoms with Gasteiger partial charge in [-0.3, -0.25) is 9.59 Å². The molecule has 0 radical (unpaired) electrons. The van der Waals surface area contributed by atoms with Gasteiger partial charge in [-0.25, -0.2) is 21.6 Å². The first-order chi connectivity index (χ1) is 17.4. The molecule has 1 aliphatic heterocycles. The number of amides is 1. The van der Waals surface area contributed by atoms with Gasteiger partial charge in [0.15, 0.2) is 0 Å². The summed E-state index contributed by atoms with van der Waals surface area (Å²) in [5.74, 6) is -1.49. The Morgan fingerprint density at radius 1 is 1.18 bits per heavy atom. The number of rotatable bonds is 13. The van der Waals surface area contributed by atoms with Crippen molar-refractivity contribution >= 4 is 43.3 Å². The molecule has 0 fully saturated rings. The van der Waals surface area contributed by atoms with E-state index in [-0.39, 0.29) is 39.8 Å². The fraction of sp³-hybridized carbons (Fsp3) is 0.750. The lowest BCUT2D eigenvalue weighted by Crippen LogP contribution is -2.43. The van der Waals surface area contributed by atoms with Crippen molar-refractivity contribution in [3.8, 4) is 0 Å². The van der Waals surface area contributed by atoms with E-state index in [4.69, 9.17) is 9.47 Å². The summed E-state index contributed by atoms with van der Waals surface area (Å²) in [6.07, 6.45) is 0.422. The van der Waals surface area contributed by atoms with E-state index in [9.17, 15) is 26.4 Å². The highest BCUT2D eigenvalue weighted by Crippen LogP contribution is 2.40. The highest BCUT2D eigenvalue weighted by atomic mass is 32.3. The second-order valence-electron chi connectivity index (χ2n) is 11.1. The minimum Gasteiger partial charge on any atom is -0.460 e. The number of fused-ring (bicyclic) bond motifs is 1. The molecular weight excluding hydrogens is 554 g/mol. The molecule has 0 saturated heterocycles. The minimum absolute atomic E-state index is 0.0652. The average Bonchev–Trinajstić information content (AvgIpc) is 3.21. The molecule has 1 amide bonds. The van der Waals surface area contributed by atoms with E-state index in [1.807, 2.05) is 32.4 Å². The van der Waals surface area contributed by atoms with Crippen LogP contribution >= 0.6 is 11.3 Å². The van der Waals surface area contributed by atoms with Crippen molar-refractivity contribution in [2.75, 3.05) is 33.4 Å². The molecule has 0 aromatic carbocycles. The molecule has 14 heteroatoms. The summed E-state index contributed by atoms with van der Waals surface area (Å²) in [4.78, 5) is 24.7. The molecule has 2 N–H and O–H groups in total. The number of ether oxygens (including phenoxy) is 2. The van der Waals surface area contributed by atoms with Gasteiger partial charge >= 0.3 is 5.97 Å². The largest absolute Gasteiger partial charge is 0.460 e. The van der Waals surface area contributed by atoms with Crippen molar-refractivity contribution < 1.29 is 35.9 Å². The van der Waals surface area contributed by atoms with Gasteiger partial charge in [0.25, 0.3) is 20.0 Å². The molecule has 1 atom stereocenters. The summed E-state index contributed by atoms with van der Waals surface area (Å²) in [6.45, 7) is 12.8. The third kappa shape index (κ3) is 8.98. The molecule has 218 valence electrons. The highest BCUT2D eigenvalue weighted by molar-refractivity contribution is 7.94. The van der Waals surface area contributed by atoms with Crippen molar-refractivity contribution in [3.05, 3.63) is 11.6 Å². The third-order valence-electron chi connectivity index (χ3n) is 5.66. The van der Waals surface area contributed by atoms with E-state index in [1.165, 1.54) is 17.5 Å². The number of thiophene rings is 1. The van der Waals surface area contributed by atoms with Gasteiger partial charge < -0.3 is 14.8 Å². The van der Waals surface area contributed by atoms with E-state index in [0.29, 0.717) is 42.9 Å². The van der Waals surface area contributed by atoms with Crippen LogP contribution < -0.4 is 10.0 Å². The Bertz CT molecular complexity index is 1200. The number of nitrogens with one attached hydrogen (secondary N) is 2. The normalized spacial score (nSPS) is 18.1. The minimum atomic E-state index is -4.35. The Morgan fingerprint density at radius 2 is 1.84 bits per heavy atom. The Balaban J connectivity index is 2.13. The second kappa shape index (κ2) is 12.7. The molecule has 1 aromatic heterocycles. The molecule has 0 spiro atoms. The van der Waals surface area contributed by atoms with Crippen molar-refractivity contribution in [2.24, 2.45) is 5.41 Å². The van der Waals surface area contributed by atoms with Gasteiger partial charge in [0.1, 0.15) is 14.0 Å². The quantitative estimate of drug-likeness (QED) is 0.259. The molecular formula is C24H41N3O8S3. The predicted octanol–water partition coefficient (Wildman–Crippen LogP) is 2.78. The molecule has 11 nitrogen and oxygen atoms in total. The number of hydrogen-bond acceptors (Lipinski definition) is 10. The zero-order valence-electron chi connectivity index (χ0n) is 23.2. The Hall–Kier alpha value is -1.58. The molecule has 0 bridgehead atoms. The van der Waals surface area contributed by atoms with Crippen LogP contribution in [0.1, 0.15) is 78.8 Å². The summed E-state index contributed by atoms with van der Waals surface area (Å²) < 4.78 is 65.8. The average molecular weight is 596 g/mol. The van der Waals surface area contributed by atoms with Crippen molar-refractivity contribution in [1.82, 2.24) is 14.3 Å². The second-order valence-corrected chi connectivity index (χ2v) is 16.2. The zero-order valence-corrected chi connectivity index (χ0v) is 25.7. The number of carbonyl (C=O) groups excluding carboxylic acids is 2. The van der Waals surface area contributed by atoms with Crippen LogP contribution in [0.2, 0.25) is 0 Å². The molecule has 2 heterocycles. The SMILES string of the molecule is CCN[C@H]1CN(CCCOC)S(=O)(=O)c2sc(S(=O)(=O)NC(=O)CCC(=O)OC(C)(C)CC(C)(C)C)cc21. The highest BCUT2D eigenvalue weighted by Gasteiger charge is 2.40.